The Balaban J connectivity index is 2.22. The number of nitrogens with one attached hydrogen (secondary N) is 1. The van der Waals surface area contributed by atoms with Gasteiger partial charge in [0, 0.05) is 17.7 Å². The molecule has 84 valence electrons. The van der Waals surface area contributed by atoms with Gasteiger partial charge in [-0.15, -0.1) is 0 Å². The van der Waals surface area contributed by atoms with Crippen LogP contribution in [0.4, 0.5) is 0 Å². The zero-order valence-electron chi connectivity index (χ0n) is 9.23. The SMILES string of the molecule is Cc1cc(C2C=CC(CO)=CC2)c[nH]c1=O. The number of H-pyrrole nitrogens is 1. The van der Waals surface area contributed by atoms with E-state index in [1.807, 2.05) is 25.1 Å². The minimum absolute atomic E-state index is 0.0323. The van der Waals surface area contributed by atoms with E-state index in [1.54, 1.807) is 6.20 Å². The molecule has 3 nitrogen and oxygen atoms in total. The Bertz CT molecular complexity index is 497. The molecule has 0 spiro atoms. The van der Waals surface area contributed by atoms with Crippen LogP contribution < -0.4 is 5.56 Å². The summed E-state index contributed by atoms with van der Waals surface area (Å²) in [6.07, 6.45) is 8.68. The molecule has 0 aliphatic heterocycles. The van der Waals surface area contributed by atoms with Crippen LogP contribution in [-0.4, -0.2) is 16.7 Å². The number of aliphatic hydroxyl groups is 1. The lowest BCUT2D eigenvalue weighted by Crippen LogP contribution is -2.11. The molecule has 1 heterocycles. The highest BCUT2D eigenvalue weighted by Gasteiger charge is 2.11. The van der Waals surface area contributed by atoms with Gasteiger partial charge in [0.2, 0.25) is 0 Å². The van der Waals surface area contributed by atoms with E-state index >= 15 is 0 Å². The van der Waals surface area contributed by atoms with Gasteiger partial charge in [-0.05, 0) is 30.5 Å². The van der Waals surface area contributed by atoms with Crippen molar-refractivity contribution in [3.05, 3.63) is 57.5 Å². The van der Waals surface area contributed by atoms with E-state index in [0.717, 1.165) is 23.1 Å². The van der Waals surface area contributed by atoms with Crippen molar-refractivity contribution in [2.75, 3.05) is 6.61 Å². The Morgan fingerprint density at radius 1 is 1.56 bits per heavy atom. The van der Waals surface area contributed by atoms with Crippen molar-refractivity contribution in [1.82, 2.24) is 4.98 Å². The third kappa shape index (κ3) is 2.14. The third-order valence-electron chi connectivity index (χ3n) is 2.90. The highest BCUT2D eigenvalue weighted by Crippen LogP contribution is 2.25. The number of pyridine rings is 1. The quantitative estimate of drug-likeness (QED) is 0.791. The summed E-state index contributed by atoms with van der Waals surface area (Å²) in [6, 6.07) is 1.92. The second-order valence-corrected chi connectivity index (χ2v) is 4.08. The van der Waals surface area contributed by atoms with Gasteiger partial charge in [-0.1, -0.05) is 18.2 Å². The Labute approximate surface area is 94.1 Å². The number of hydrogen-bond donors (Lipinski definition) is 2. The predicted octanol–water partition coefficient (Wildman–Crippen LogP) is 1.65. The fourth-order valence-electron chi connectivity index (χ4n) is 1.86. The van der Waals surface area contributed by atoms with Crippen molar-refractivity contribution in [3.63, 3.8) is 0 Å². The Kier molecular flexibility index (Phi) is 3.06. The molecule has 1 aliphatic rings. The topological polar surface area (TPSA) is 53.1 Å². The molecule has 3 heteroatoms. The first kappa shape index (κ1) is 10.9. The van der Waals surface area contributed by atoms with Gasteiger partial charge in [0.05, 0.1) is 6.61 Å². The first-order valence-electron chi connectivity index (χ1n) is 5.38. The number of aromatic nitrogens is 1. The predicted molar refractivity (Wildman–Crippen MR) is 63.5 cm³/mol. The molecule has 0 aromatic carbocycles. The zero-order valence-corrected chi connectivity index (χ0v) is 9.23. The second kappa shape index (κ2) is 4.49. The average Bonchev–Trinajstić information content (AvgIpc) is 2.33. The van der Waals surface area contributed by atoms with Crippen molar-refractivity contribution in [2.45, 2.75) is 19.3 Å². The van der Waals surface area contributed by atoms with Gasteiger partial charge in [0.1, 0.15) is 0 Å². The molecule has 0 saturated carbocycles. The van der Waals surface area contributed by atoms with Crippen LogP contribution in [0.1, 0.15) is 23.5 Å². The molecule has 2 rings (SSSR count). The lowest BCUT2D eigenvalue weighted by atomic mass is 9.91. The van der Waals surface area contributed by atoms with Crippen LogP contribution in [0.2, 0.25) is 0 Å². The molecule has 0 radical (unpaired) electrons. The number of aromatic amines is 1. The molecule has 0 saturated heterocycles. The molecule has 1 atom stereocenters. The third-order valence-corrected chi connectivity index (χ3v) is 2.90. The number of allylic oxidation sites excluding steroid dienone is 2. The summed E-state index contributed by atoms with van der Waals surface area (Å²) in [6.45, 7) is 1.90. The van der Waals surface area contributed by atoms with E-state index in [-0.39, 0.29) is 12.2 Å². The Morgan fingerprint density at radius 3 is 2.94 bits per heavy atom. The van der Waals surface area contributed by atoms with Crippen molar-refractivity contribution < 1.29 is 5.11 Å². The van der Waals surface area contributed by atoms with E-state index in [0.29, 0.717) is 5.92 Å². The summed E-state index contributed by atoms with van der Waals surface area (Å²) in [4.78, 5) is 14.0. The van der Waals surface area contributed by atoms with Gasteiger partial charge in [0.15, 0.2) is 0 Å². The fourth-order valence-corrected chi connectivity index (χ4v) is 1.86. The highest BCUT2D eigenvalue weighted by atomic mass is 16.3. The molecule has 0 fully saturated rings. The highest BCUT2D eigenvalue weighted by molar-refractivity contribution is 5.33. The number of aliphatic hydroxyl groups excluding tert-OH is 1. The number of aryl methyl sites for hydroxylation is 1. The molecule has 1 unspecified atom stereocenters. The lowest BCUT2D eigenvalue weighted by Gasteiger charge is -2.15. The van der Waals surface area contributed by atoms with Crippen LogP contribution in [0.25, 0.3) is 0 Å². The number of hydrogen-bond acceptors (Lipinski definition) is 2. The minimum Gasteiger partial charge on any atom is -0.392 e. The van der Waals surface area contributed by atoms with E-state index in [2.05, 4.69) is 11.1 Å². The van der Waals surface area contributed by atoms with Crippen molar-refractivity contribution >= 4 is 0 Å². The molecule has 1 aliphatic carbocycles. The number of rotatable bonds is 2. The van der Waals surface area contributed by atoms with Crippen LogP contribution in [0.3, 0.4) is 0 Å². The maximum atomic E-state index is 11.2. The smallest absolute Gasteiger partial charge is 0.250 e. The van der Waals surface area contributed by atoms with E-state index in [1.165, 1.54) is 0 Å². The van der Waals surface area contributed by atoms with Gasteiger partial charge in [-0.25, -0.2) is 0 Å². The van der Waals surface area contributed by atoms with Gasteiger partial charge < -0.3 is 10.1 Å². The summed E-state index contributed by atoms with van der Waals surface area (Å²) in [7, 11) is 0. The Hall–Kier alpha value is -1.61. The molecule has 1 aromatic rings. The van der Waals surface area contributed by atoms with Gasteiger partial charge in [-0.2, -0.15) is 0 Å². The Morgan fingerprint density at radius 2 is 2.38 bits per heavy atom. The summed E-state index contributed by atoms with van der Waals surface area (Å²) in [5.74, 6) is 0.297. The van der Waals surface area contributed by atoms with Crippen LogP contribution in [0.15, 0.2) is 40.9 Å². The first-order chi connectivity index (χ1) is 7.70. The van der Waals surface area contributed by atoms with Gasteiger partial charge in [0.25, 0.3) is 5.56 Å². The summed E-state index contributed by atoms with van der Waals surface area (Å²) < 4.78 is 0. The maximum absolute atomic E-state index is 11.2. The van der Waals surface area contributed by atoms with E-state index in [4.69, 9.17) is 5.11 Å². The molecule has 1 aromatic heterocycles. The standard InChI is InChI=1S/C13H15NO2/c1-9-6-12(7-14-13(9)16)11-4-2-10(8-15)3-5-11/h2-4,6-7,11,15H,5,8H2,1H3,(H,14,16). The monoisotopic (exact) mass is 217 g/mol. The molecular formula is C13H15NO2. The van der Waals surface area contributed by atoms with Gasteiger partial charge >= 0.3 is 0 Å². The first-order valence-corrected chi connectivity index (χ1v) is 5.38. The van der Waals surface area contributed by atoms with E-state index < -0.39 is 0 Å². The molecule has 16 heavy (non-hydrogen) atoms. The van der Waals surface area contributed by atoms with Crippen LogP contribution in [0, 0.1) is 6.92 Å². The summed E-state index contributed by atoms with van der Waals surface area (Å²) >= 11 is 0. The minimum atomic E-state index is -0.0323. The summed E-state index contributed by atoms with van der Waals surface area (Å²) in [5.41, 5.74) is 2.77. The van der Waals surface area contributed by atoms with Crippen LogP contribution >= 0.6 is 0 Å². The molecule has 0 bridgehead atoms. The van der Waals surface area contributed by atoms with Crippen LogP contribution in [0.5, 0.6) is 0 Å². The summed E-state index contributed by atoms with van der Waals surface area (Å²) in [5, 5.41) is 8.96. The van der Waals surface area contributed by atoms with E-state index in [9.17, 15) is 4.79 Å². The van der Waals surface area contributed by atoms with Gasteiger partial charge in [-0.3, -0.25) is 4.79 Å². The molecule has 2 N–H and O–H groups in total. The van der Waals surface area contributed by atoms with Crippen LogP contribution in [-0.2, 0) is 0 Å². The normalized spacial score (nSPS) is 19.6. The molecular weight excluding hydrogens is 202 g/mol. The fraction of sp³-hybridized carbons (Fsp3) is 0.308. The van der Waals surface area contributed by atoms with Crippen molar-refractivity contribution in [2.24, 2.45) is 0 Å². The zero-order chi connectivity index (χ0) is 11.5. The second-order valence-electron chi connectivity index (χ2n) is 4.08. The lowest BCUT2D eigenvalue weighted by molar-refractivity contribution is 0.334. The maximum Gasteiger partial charge on any atom is 0.250 e. The van der Waals surface area contributed by atoms with Crippen molar-refractivity contribution in [3.8, 4) is 0 Å². The largest absolute Gasteiger partial charge is 0.392 e. The van der Waals surface area contributed by atoms with Crippen molar-refractivity contribution in [1.29, 1.82) is 0 Å². The average molecular weight is 217 g/mol. The molecule has 0 amide bonds.